The van der Waals surface area contributed by atoms with Crippen LogP contribution in [0, 0.1) is 0 Å². The highest BCUT2D eigenvalue weighted by Gasteiger charge is 2.15. The Labute approximate surface area is 220 Å². The number of benzene rings is 2. The minimum absolute atomic E-state index is 0.0818. The molecule has 37 heavy (non-hydrogen) atoms. The average Bonchev–Trinajstić information content (AvgIpc) is 3.00. The molecule has 0 bridgehead atoms. The van der Waals surface area contributed by atoms with E-state index in [1.54, 1.807) is 12.3 Å². The molecule has 192 valence electrons. The van der Waals surface area contributed by atoms with E-state index in [0.717, 1.165) is 60.5 Å². The van der Waals surface area contributed by atoms with Gasteiger partial charge in [0.1, 0.15) is 0 Å². The molecule has 0 amide bonds. The predicted octanol–water partition coefficient (Wildman–Crippen LogP) is 7.20. The first-order valence-corrected chi connectivity index (χ1v) is 13.3. The van der Waals surface area contributed by atoms with Crippen LogP contribution in [-0.2, 0) is 0 Å². The van der Waals surface area contributed by atoms with Crippen LogP contribution in [0.5, 0.6) is 0 Å². The average molecular weight is 495 g/mol. The number of pyridine rings is 1. The second kappa shape index (κ2) is 13.0. The molecule has 2 aromatic carbocycles. The quantitative estimate of drug-likeness (QED) is 0.295. The molecule has 1 aromatic heterocycles. The van der Waals surface area contributed by atoms with E-state index in [1.165, 1.54) is 11.1 Å². The number of allylic oxidation sites excluding steroid dienone is 4. The molecule has 2 heterocycles. The van der Waals surface area contributed by atoms with Crippen LogP contribution in [0.2, 0.25) is 0 Å². The monoisotopic (exact) mass is 494 g/mol. The zero-order valence-corrected chi connectivity index (χ0v) is 22.1. The molecule has 5 heteroatoms. The molecule has 3 aromatic rings. The van der Waals surface area contributed by atoms with Gasteiger partial charge in [0.05, 0.1) is 11.4 Å². The van der Waals surface area contributed by atoms with E-state index in [-0.39, 0.29) is 11.6 Å². The van der Waals surface area contributed by atoms with Gasteiger partial charge in [0.15, 0.2) is 0 Å². The largest absolute Gasteiger partial charge is 0.354 e. The summed E-state index contributed by atoms with van der Waals surface area (Å²) in [7, 11) is 0. The number of aromatic nitrogens is 1. The van der Waals surface area contributed by atoms with Crippen molar-refractivity contribution in [3.8, 4) is 0 Å². The molecule has 0 saturated heterocycles. The fourth-order valence-corrected chi connectivity index (χ4v) is 4.74. The van der Waals surface area contributed by atoms with Crippen molar-refractivity contribution in [2.24, 2.45) is 4.99 Å². The van der Waals surface area contributed by atoms with E-state index in [4.69, 9.17) is 4.99 Å². The normalized spacial score (nSPS) is 17.2. The molecule has 5 nitrogen and oxygen atoms in total. The van der Waals surface area contributed by atoms with E-state index in [1.807, 2.05) is 13.0 Å². The number of hydrogen-bond donors (Lipinski definition) is 3. The lowest BCUT2D eigenvalue weighted by molar-refractivity contribution is 0.439. The summed E-state index contributed by atoms with van der Waals surface area (Å²) in [6.07, 6.45) is 9.96. The number of nitrogens with zero attached hydrogens (tertiary/aromatic N) is 1. The number of aromatic amines is 1. The number of rotatable bonds is 9. The zero-order valence-electron chi connectivity index (χ0n) is 22.1. The third-order valence-corrected chi connectivity index (χ3v) is 6.86. The first-order valence-electron chi connectivity index (χ1n) is 13.3. The van der Waals surface area contributed by atoms with Gasteiger partial charge in [0.2, 0.25) is 5.56 Å². The summed E-state index contributed by atoms with van der Waals surface area (Å²) in [5.41, 5.74) is 7.59. The van der Waals surface area contributed by atoms with Crippen molar-refractivity contribution in [1.29, 1.82) is 0 Å². The van der Waals surface area contributed by atoms with Crippen LogP contribution in [0.3, 0.4) is 0 Å². The molecular formula is C32H38N4O. The van der Waals surface area contributed by atoms with Crippen LogP contribution in [-0.4, -0.2) is 17.2 Å². The van der Waals surface area contributed by atoms with Crippen molar-refractivity contribution < 1.29 is 0 Å². The van der Waals surface area contributed by atoms with Gasteiger partial charge in [-0.25, -0.2) is 0 Å². The Balaban J connectivity index is 1.49. The molecule has 1 aliphatic rings. The van der Waals surface area contributed by atoms with Gasteiger partial charge in [-0.15, -0.1) is 0 Å². The number of nitrogens with one attached hydrogen (secondary N) is 3. The van der Waals surface area contributed by atoms with Gasteiger partial charge in [-0.3, -0.25) is 9.79 Å². The Kier molecular flexibility index (Phi) is 9.28. The van der Waals surface area contributed by atoms with Crippen LogP contribution in [0.4, 0.5) is 5.69 Å². The van der Waals surface area contributed by atoms with Crippen LogP contribution in [0.25, 0.3) is 5.57 Å². The third-order valence-electron chi connectivity index (χ3n) is 6.86. The third kappa shape index (κ3) is 7.40. The second-order valence-corrected chi connectivity index (χ2v) is 9.67. The molecule has 1 aliphatic heterocycles. The summed E-state index contributed by atoms with van der Waals surface area (Å²) in [5, 5.41) is 7.38. The molecule has 0 aliphatic carbocycles. The minimum Gasteiger partial charge on any atom is -0.354 e. The fourth-order valence-electron chi connectivity index (χ4n) is 4.74. The maximum atomic E-state index is 11.8. The van der Waals surface area contributed by atoms with Gasteiger partial charge in [-0.1, -0.05) is 61.9 Å². The van der Waals surface area contributed by atoms with Crippen LogP contribution < -0.4 is 16.2 Å². The summed E-state index contributed by atoms with van der Waals surface area (Å²) in [4.78, 5) is 19.3. The lowest BCUT2D eigenvalue weighted by Gasteiger charge is -2.24. The maximum absolute atomic E-state index is 11.8. The first kappa shape index (κ1) is 26.4. The summed E-state index contributed by atoms with van der Waals surface area (Å²) in [6, 6.07) is 23.5. The lowest BCUT2D eigenvalue weighted by Crippen LogP contribution is -2.24. The number of anilines is 1. The van der Waals surface area contributed by atoms with Crippen molar-refractivity contribution in [2.45, 2.75) is 58.5 Å². The Morgan fingerprint density at radius 2 is 1.78 bits per heavy atom. The fraction of sp³-hybridized carbons (Fsp3) is 0.312. The van der Waals surface area contributed by atoms with E-state index in [9.17, 15) is 4.79 Å². The summed E-state index contributed by atoms with van der Waals surface area (Å²) >= 11 is 0. The van der Waals surface area contributed by atoms with Gasteiger partial charge in [-0.05, 0) is 79.6 Å². The predicted molar refractivity (Wildman–Crippen MR) is 156 cm³/mol. The van der Waals surface area contributed by atoms with Crippen LogP contribution in [0.1, 0.15) is 75.2 Å². The minimum atomic E-state index is -0.0818. The Morgan fingerprint density at radius 3 is 2.51 bits per heavy atom. The topological polar surface area (TPSA) is 69.3 Å². The lowest BCUT2D eigenvalue weighted by atomic mass is 9.99. The van der Waals surface area contributed by atoms with Gasteiger partial charge in [-0.2, -0.15) is 0 Å². The van der Waals surface area contributed by atoms with Gasteiger partial charge >= 0.3 is 0 Å². The highest BCUT2D eigenvalue weighted by atomic mass is 16.1. The number of aliphatic imine (C=N–C) groups is 1. The van der Waals surface area contributed by atoms with Crippen molar-refractivity contribution in [3.05, 3.63) is 118 Å². The molecule has 2 unspecified atom stereocenters. The molecular weight excluding hydrogens is 456 g/mol. The van der Waals surface area contributed by atoms with Crippen LogP contribution in [0.15, 0.2) is 101 Å². The molecule has 4 rings (SSSR count). The Bertz CT molecular complexity index is 1300. The molecule has 3 N–H and O–H groups in total. The first-order chi connectivity index (χ1) is 18.0. The van der Waals surface area contributed by atoms with E-state index >= 15 is 0 Å². The Hall–Kier alpha value is -3.70. The second-order valence-electron chi connectivity index (χ2n) is 9.67. The van der Waals surface area contributed by atoms with Gasteiger partial charge in [0, 0.05) is 36.6 Å². The smallest absolute Gasteiger partial charge is 0.248 e. The van der Waals surface area contributed by atoms with E-state index in [0.29, 0.717) is 6.04 Å². The highest BCUT2D eigenvalue weighted by molar-refractivity contribution is 6.01. The highest BCUT2D eigenvalue weighted by Crippen LogP contribution is 2.25. The summed E-state index contributed by atoms with van der Waals surface area (Å²) in [5.74, 6) is 0. The SMILES string of the molecule is CCCC(NC(C)c1ccc(NC2=C/C=C(/c3cc[nH]c(=O)c3)CCCN=C2C)cc1)c1ccccc1. The zero-order chi connectivity index (χ0) is 26.0. The summed E-state index contributed by atoms with van der Waals surface area (Å²) < 4.78 is 0. The maximum Gasteiger partial charge on any atom is 0.248 e. The standard InChI is InChI=1S/C32H38N4O/c1-4-9-31(27-10-6-5-7-11-27)35-23(2)25-13-16-29(17-14-25)36-30-18-15-26(12-8-20-33-24(30)3)28-19-21-34-32(37)22-28/h5-7,10-11,13-19,21-23,31,35-36H,4,8-9,12,20H2,1-3H3,(H,34,37)/b26-15+,30-18?,33-24?. The summed E-state index contributed by atoms with van der Waals surface area (Å²) in [6.45, 7) is 7.26. The van der Waals surface area contributed by atoms with Gasteiger partial charge < -0.3 is 15.6 Å². The van der Waals surface area contributed by atoms with Gasteiger partial charge in [0.25, 0.3) is 0 Å². The molecule has 0 spiro atoms. The molecule has 2 atom stereocenters. The van der Waals surface area contributed by atoms with E-state index in [2.05, 4.69) is 96.2 Å². The van der Waals surface area contributed by atoms with Crippen LogP contribution >= 0.6 is 0 Å². The number of hydrogen-bond acceptors (Lipinski definition) is 4. The van der Waals surface area contributed by atoms with Crippen molar-refractivity contribution in [1.82, 2.24) is 10.3 Å². The van der Waals surface area contributed by atoms with E-state index < -0.39 is 0 Å². The van der Waals surface area contributed by atoms with Crippen molar-refractivity contribution in [3.63, 3.8) is 0 Å². The van der Waals surface area contributed by atoms with Crippen molar-refractivity contribution in [2.75, 3.05) is 11.9 Å². The molecule has 0 fully saturated rings. The Morgan fingerprint density at radius 1 is 1.00 bits per heavy atom. The number of H-pyrrole nitrogens is 1. The van der Waals surface area contributed by atoms with Crippen molar-refractivity contribution >= 4 is 17.0 Å². The molecule has 0 radical (unpaired) electrons. The molecule has 0 saturated carbocycles.